The zero-order valence-corrected chi connectivity index (χ0v) is 18.3. The van der Waals surface area contributed by atoms with Crippen LogP contribution in [0, 0.1) is 0 Å². The van der Waals surface area contributed by atoms with E-state index in [1.807, 2.05) is 0 Å². The van der Waals surface area contributed by atoms with Gasteiger partial charge in [-0.25, -0.2) is 8.42 Å². The lowest BCUT2D eigenvalue weighted by atomic mass is 9.94. The molecule has 0 N–H and O–H groups in total. The molecule has 33 heavy (non-hydrogen) atoms. The van der Waals surface area contributed by atoms with Gasteiger partial charge in [-0.3, -0.25) is 0 Å². The molecule has 0 rings (SSSR count). The Kier molecular flexibility index (Phi) is 10.6. The lowest BCUT2D eigenvalue weighted by Crippen LogP contribution is -2.70. The quantitative estimate of drug-likeness (QED) is 0.218. The number of halogens is 13. The maximum atomic E-state index is 12.8. The van der Waals surface area contributed by atoms with Crippen molar-refractivity contribution in [3.63, 3.8) is 0 Å². The Morgan fingerprint density at radius 2 is 0.848 bits per heavy atom. The molecule has 0 atom stereocenters. The monoisotopic (exact) mass is 543 g/mol. The van der Waals surface area contributed by atoms with Gasteiger partial charge < -0.3 is 9.04 Å². The summed E-state index contributed by atoms with van der Waals surface area (Å²) >= 11 is 0. The summed E-state index contributed by atoms with van der Waals surface area (Å²) in [6.07, 6.45) is -7.56. The van der Waals surface area contributed by atoms with Crippen molar-refractivity contribution in [2.45, 2.75) is 63.5 Å². The van der Waals surface area contributed by atoms with E-state index in [9.17, 15) is 70.0 Å². The van der Waals surface area contributed by atoms with Gasteiger partial charge in [0, 0.05) is 0 Å². The van der Waals surface area contributed by atoms with Crippen LogP contribution >= 0.6 is 0 Å². The summed E-state index contributed by atoms with van der Waals surface area (Å²) in [6.45, 7) is 14.2. The van der Waals surface area contributed by atoms with E-state index in [-0.39, 0.29) is 0 Å². The predicted octanol–water partition coefficient (Wildman–Crippen LogP) is 5.15. The highest BCUT2D eigenvalue weighted by molar-refractivity contribution is 7.85. The first-order chi connectivity index (χ1) is 14.2. The van der Waals surface area contributed by atoms with E-state index < -0.39 is 51.7 Å². The van der Waals surface area contributed by atoms with Crippen molar-refractivity contribution >= 4 is 10.1 Å². The number of hydrogen-bond donors (Lipinski definition) is 0. The standard InChI is InChI=1S/C8H20N.C7H3F13O3S/c1-5-9(6-2,7-3)8-4;8-2(9,1-24(21,22)23)3(10,11)4(12,13)5(14,15)6(16,17)7(18,19)20/h5-8H2,1-4H3;1H2,(H,21,22,23)/q+1;/p-1. The first-order valence-corrected chi connectivity index (χ1v) is 10.5. The molecule has 0 spiro atoms. The van der Waals surface area contributed by atoms with Crippen LogP contribution in [-0.2, 0) is 10.1 Å². The third-order valence-corrected chi connectivity index (χ3v) is 5.76. The molecule has 0 saturated carbocycles. The summed E-state index contributed by atoms with van der Waals surface area (Å²) in [6, 6.07) is 0. The fraction of sp³-hybridized carbons (Fsp3) is 1.00. The number of alkyl halides is 13. The molecule has 0 heterocycles. The van der Waals surface area contributed by atoms with E-state index in [1.165, 1.54) is 30.7 Å². The maximum absolute atomic E-state index is 12.8. The zero-order chi connectivity index (χ0) is 27.5. The molecule has 202 valence electrons. The fourth-order valence-electron chi connectivity index (χ4n) is 2.46. The average Bonchev–Trinajstić information content (AvgIpc) is 2.61. The summed E-state index contributed by atoms with van der Waals surface area (Å²) in [4.78, 5) is 0. The minimum absolute atomic E-state index is 1.28. The molecule has 4 nitrogen and oxygen atoms in total. The Morgan fingerprint density at radius 3 is 1.03 bits per heavy atom. The summed E-state index contributed by atoms with van der Waals surface area (Å²) in [5, 5.41) is 0. The first kappa shape index (κ1) is 34.1. The molecular weight excluding hydrogens is 521 g/mol. The molecule has 0 saturated heterocycles. The molecule has 18 heteroatoms. The summed E-state index contributed by atoms with van der Waals surface area (Å²) in [5.74, 6) is -42.6. The molecule has 0 aromatic carbocycles. The largest absolute Gasteiger partial charge is 0.748 e. The number of nitrogens with zero attached hydrogens (tertiary/aromatic N) is 1. The Labute approximate surface area is 181 Å². The molecule has 0 unspecified atom stereocenters. The normalized spacial score (nSPS) is 15.2. The molecule has 0 amide bonds. The highest BCUT2D eigenvalue weighted by Crippen LogP contribution is 2.60. The SMILES string of the molecule is CC[N+](CC)(CC)CC.O=S(=O)([O-])CC(F)(F)C(F)(F)C(F)(F)C(F)(F)C(F)(F)C(F)(F)F. The lowest BCUT2D eigenvalue weighted by Gasteiger charge is -2.39. The molecule has 0 aliphatic rings. The van der Waals surface area contributed by atoms with E-state index in [0.29, 0.717) is 0 Å². The molecule has 0 bridgehead atoms. The van der Waals surface area contributed by atoms with Gasteiger partial charge in [-0.15, -0.1) is 0 Å². The van der Waals surface area contributed by atoms with Gasteiger partial charge in [-0.1, -0.05) is 0 Å². The Balaban J connectivity index is 0. The fourth-order valence-corrected chi connectivity index (χ4v) is 3.08. The van der Waals surface area contributed by atoms with Crippen molar-refractivity contribution in [3.8, 4) is 0 Å². The molecule has 0 radical (unpaired) electrons. The van der Waals surface area contributed by atoms with Gasteiger partial charge in [0.05, 0.1) is 26.2 Å². The van der Waals surface area contributed by atoms with Gasteiger partial charge in [-0.05, 0) is 27.7 Å². The molecular formula is C15H22F13NO3S. The second kappa shape index (κ2) is 10.3. The second-order valence-electron chi connectivity index (χ2n) is 6.81. The van der Waals surface area contributed by atoms with Crippen LogP contribution in [0.25, 0.3) is 0 Å². The van der Waals surface area contributed by atoms with Crippen LogP contribution < -0.4 is 0 Å². The third kappa shape index (κ3) is 6.76. The number of hydrogen-bond acceptors (Lipinski definition) is 3. The Morgan fingerprint density at radius 1 is 0.576 bits per heavy atom. The van der Waals surface area contributed by atoms with E-state index in [2.05, 4.69) is 27.7 Å². The van der Waals surface area contributed by atoms with Crippen LogP contribution in [0.15, 0.2) is 0 Å². The van der Waals surface area contributed by atoms with Crippen molar-refractivity contribution in [2.75, 3.05) is 31.9 Å². The van der Waals surface area contributed by atoms with Gasteiger partial charge in [-0.2, -0.15) is 57.1 Å². The van der Waals surface area contributed by atoms with Crippen LogP contribution in [0.4, 0.5) is 57.1 Å². The minimum atomic E-state index is -8.13. The smallest absolute Gasteiger partial charge is 0.460 e. The maximum Gasteiger partial charge on any atom is 0.460 e. The highest BCUT2D eigenvalue weighted by atomic mass is 32.2. The molecule has 0 aromatic rings. The van der Waals surface area contributed by atoms with Gasteiger partial charge in [0.1, 0.15) is 15.9 Å². The van der Waals surface area contributed by atoms with Crippen molar-refractivity contribution in [1.29, 1.82) is 0 Å². The van der Waals surface area contributed by atoms with Gasteiger partial charge in [0.25, 0.3) is 0 Å². The summed E-state index contributed by atoms with van der Waals surface area (Å²) < 4.78 is 193. The van der Waals surface area contributed by atoms with Crippen molar-refractivity contribution in [1.82, 2.24) is 0 Å². The third-order valence-electron chi connectivity index (χ3n) is 5.04. The van der Waals surface area contributed by atoms with Crippen LogP contribution in [0.1, 0.15) is 27.7 Å². The summed E-state index contributed by atoms with van der Waals surface area (Å²) in [7, 11) is -6.50. The average molecular weight is 543 g/mol. The Hall–Kier alpha value is -1.04. The summed E-state index contributed by atoms with van der Waals surface area (Å²) in [5.41, 5.74) is 0. The van der Waals surface area contributed by atoms with Crippen LogP contribution in [0.2, 0.25) is 0 Å². The lowest BCUT2D eigenvalue weighted by molar-refractivity contribution is -0.921. The van der Waals surface area contributed by atoms with Crippen LogP contribution in [0.5, 0.6) is 0 Å². The molecule has 0 aromatic heterocycles. The van der Waals surface area contributed by atoms with E-state index >= 15 is 0 Å². The van der Waals surface area contributed by atoms with Crippen LogP contribution in [0.3, 0.4) is 0 Å². The van der Waals surface area contributed by atoms with E-state index in [0.717, 1.165) is 0 Å². The van der Waals surface area contributed by atoms with Gasteiger partial charge in [0.15, 0.2) is 0 Å². The first-order valence-electron chi connectivity index (χ1n) is 8.94. The number of quaternary nitrogens is 1. The van der Waals surface area contributed by atoms with Crippen molar-refractivity contribution in [3.05, 3.63) is 0 Å². The van der Waals surface area contributed by atoms with Crippen molar-refractivity contribution < 1.29 is 74.5 Å². The van der Waals surface area contributed by atoms with Crippen molar-refractivity contribution in [2.24, 2.45) is 0 Å². The number of rotatable bonds is 10. The van der Waals surface area contributed by atoms with E-state index in [1.54, 1.807) is 0 Å². The molecule has 0 aliphatic heterocycles. The topological polar surface area (TPSA) is 57.2 Å². The second-order valence-corrected chi connectivity index (χ2v) is 8.21. The van der Waals surface area contributed by atoms with E-state index in [4.69, 9.17) is 0 Å². The minimum Gasteiger partial charge on any atom is -0.748 e. The van der Waals surface area contributed by atoms with Crippen LogP contribution in [-0.4, -0.2) is 85.2 Å². The molecule has 0 aliphatic carbocycles. The Bertz CT molecular complexity index is 714. The van der Waals surface area contributed by atoms with Gasteiger partial charge in [0.2, 0.25) is 0 Å². The highest BCUT2D eigenvalue weighted by Gasteiger charge is 2.90. The zero-order valence-electron chi connectivity index (χ0n) is 17.5. The molecule has 0 fully saturated rings. The predicted molar refractivity (Wildman–Crippen MR) is 87.8 cm³/mol. The van der Waals surface area contributed by atoms with Gasteiger partial charge >= 0.3 is 35.8 Å².